The molecule has 0 saturated carbocycles. The zero-order valence-corrected chi connectivity index (χ0v) is 25.5. The molecule has 0 unspecified atom stereocenters. The summed E-state index contributed by atoms with van der Waals surface area (Å²) in [5.74, 6) is 5.63. The fourth-order valence-corrected chi connectivity index (χ4v) is 3.79. The summed E-state index contributed by atoms with van der Waals surface area (Å²) in [6.07, 6.45) is 1.78. The number of carbonyl (C=O) groups excluding carboxylic acids is 1. The van der Waals surface area contributed by atoms with E-state index >= 15 is 0 Å². The van der Waals surface area contributed by atoms with E-state index < -0.39 is 29.1 Å². The molecule has 2 rings (SSSR count). The molecule has 0 fully saturated rings. The van der Waals surface area contributed by atoms with Gasteiger partial charge < -0.3 is 31.5 Å². The second kappa shape index (κ2) is 14.7. The lowest BCUT2D eigenvalue weighted by atomic mass is 9.97. The quantitative estimate of drug-likeness (QED) is 0.0696. The van der Waals surface area contributed by atoms with Gasteiger partial charge in [0, 0.05) is 49.2 Å². The number of nitrogens with zero attached hydrogens (tertiary/aromatic N) is 1. The van der Waals surface area contributed by atoms with E-state index in [0.717, 1.165) is 6.08 Å². The van der Waals surface area contributed by atoms with Gasteiger partial charge in [-0.05, 0) is 55.2 Å². The number of benzene rings is 1. The first-order chi connectivity index (χ1) is 20.0. The van der Waals surface area contributed by atoms with E-state index in [1.54, 1.807) is 39.2 Å². The molecule has 1 amide bonds. The van der Waals surface area contributed by atoms with Gasteiger partial charge in [0.1, 0.15) is 5.76 Å². The molecule has 1 aliphatic carbocycles. The monoisotopic (exact) mass is 602 g/mol. The maximum Gasteiger partial charge on any atom is 0.423 e. The number of anilines is 1. The SMILES string of the molecule is CN/C=C(\C=C(/C)OC)C(/N)=C/N(N)c1cc(C(=O)NC2=CC(C(F)(F)F)=C=CC(CNCC(C)(C)C)=C2O)ccc1C. The molecule has 9 nitrogen and oxygen atoms in total. The van der Waals surface area contributed by atoms with Gasteiger partial charge in [-0.3, -0.25) is 9.80 Å². The van der Waals surface area contributed by atoms with Crippen LogP contribution in [0.4, 0.5) is 18.9 Å². The fourth-order valence-electron chi connectivity index (χ4n) is 3.79. The highest BCUT2D eigenvalue weighted by atomic mass is 19.4. The molecule has 0 radical (unpaired) electrons. The number of aliphatic hydroxyl groups excluding tert-OH is 1. The number of rotatable bonds is 11. The van der Waals surface area contributed by atoms with Gasteiger partial charge in [0.15, 0.2) is 0 Å². The van der Waals surface area contributed by atoms with Crippen LogP contribution in [0.1, 0.15) is 43.6 Å². The Morgan fingerprint density at radius 3 is 2.49 bits per heavy atom. The number of carbonyl (C=O) groups is 1. The molecular weight excluding hydrogens is 561 g/mol. The van der Waals surface area contributed by atoms with Gasteiger partial charge in [-0.2, -0.15) is 13.2 Å². The third kappa shape index (κ3) is 10.4. The largest absolute Gasteiger partial charge is 0.505 e. The molecule has 43 heavy (non-hydrogen) atoms. The van der Waals surface area contributed by atoms with Crippen molar-refractivity contribution in [2.45, 2.75) is 40.8 Å². The first-order valence-electron chi connectivity index (χ1n) is 13.4. The lowest BCUT2D eigenvalue weighted by Gasteiger charge is -2.20. The molecule has 1 aliphatic rings. The van der Waals surface area contributed by atoms with Gasteiger partial charge in [0.05, 0.1) is 35.5 Å². The number of halogens is 3. The number of hydrogen-bond donors (Lipinski definition) is 6. The number of hydrogen-bond acceptors (Lipinski definition) is 8. The molecule has 0 aliphatic heterocycles. The smallest absolute Gasteiger partial charge is 0.423 e. The van der Waals surface area contributed by atoms with Crippen LogP contribution in [0.5, 0.6) is 0 Å². The minimum absolute atomic E-state index is 0.0576. The number of ether oxygens (including phenoxy) is 1. The van der Waals surface area contributed by atoms with Crippen molar-refractivity contribution < 1.29 is 27.8 Å². The molecule has 0 spiro atoms. The maximum atomic E-state index is 13.7. The molecule has 234 valence electrons. The van der Waals surface area contributed by atoms with E-state index in [2.05, 4.69) is 21.7 Å². The molecule has 12 heteroatoms. The number of hydrazine groups is 1. The molecule has 0 atom stereocenters. The normalized spacial score (nSPS) is 15.1. The Morgan fingerprint density at radius 1 is 1.23 bits per heavy atom. The number of aryl methyl sites for hydroxylation is 1. The van der Waals surface area contributed by atoms with E-state index in [-0.39, 0.29) is 28.8 Å². The van der Waals surface area contributed by atoms with E-state index in [1.165, 1.54) is 30.5 Å². The van der Waals surface area contributed by atoms with Crippen LogP contribution in [0.25, 0.3) is 0 Å². The summed E-state index contributed by atoms with van der Waals surface area (Å²) >= 11 is 0. The van der Waals surface area contributed by atoms with Gasteiger partial charge in [-0.15, -0.1) is 5.73 Å². The number of nitrogens with one attached hydrogen (secondary N) is 3. The zero-order valence-electron chi connectivity index (χ0n) is 25.5. The first-order valence-corrected chi connectivity index (χ1v) is 13.4. The van der Waals surface area contributed by atoms with Crippen molar-refractivity contribution in [1.29, 1.82) is 0 Å². The van der Waals surface area contributed by atoms with Crippen LogP contribution in [0, 0.1) is 12.3 Å². The molecule has 1 aromatic rings. The van der Waals surface area contributed by atoms with Crippen molar-refractivity contribution in [2.24, 2.45) is 17.0 Å². The summed E-state index contributed by atoms with van der Waals surface area (Å²) in [5.41, 5.74) is 8.99. The highest BCUT2D eigenvalue weighted by molar-refractivity contribution is 5.97. The molecule has 0 bridgehead atoms. The standard InChI is InChI=1S/C31H41F3N6O3/c1-19-8-9-21(13-27(19)40(36)17-25(35)23(15-37-6)12-20(2)43-7)29(42)39-26-14-24(31(32,33)34)11-10-22(28(26)41)16-38-18-30(3,4)5/h8-10,12-15,17,37-38,41H,16,18,35-36H2,1-7H3,(H,39,42)/b20-12+,23-15+,25-17-. The van der Waals surface area contributed by atoms with E-state index in [1.807, 2.05) is 20.8 Å². The Hall–Kier alpha value is -4.38. The molecule has 1 aromatic carbocycles. The summed E-state index contributed by atoms with van der Waals surface area (Å²) in [6, 6.07) is 4.60. The third-order valence-electron chi connectivity index (χ3n) is 6.12. The Morgan fingerprint density at radius 2 is 1.91 bits per heavy atom. The summed E-state index contributed by atoms with van der Waals surface area (Å²) < 4.78 is 46.2. The van der Waals surface area contributed by atoms with Gasteiger partial charge >= 0.3 is 6.18 Å². The van der Waals surface area contributed by atoms with Crippen molar-refractivity contribution in [3.05, 3.63) is 105 Å². The molecule has 0 aromatic heterocycles. The van der Waals surface area contributed by atoms with Gasteiger partial charge in [-0.25, -0.2) is 5.84 Å². The number of allylic oxidation sites excluding steroid dienone is 3. The number of methoxy groups -OCH3 is 1. The highest BCUT2D eigenvalue weighted by Crippen LogP contribution is 2.30. The predicted octanol–water partition coefficient (Wildman–Crippen LogP) is 4.85. The van der Waals surface area contributed by atoms with E-state index in [9.17, 15) is 23.1 Å². The van der Waals surface area contributed by atoms with Crippen molar-refractivity contribution in [2.75, 3.05) is 32.3 Å². The van der Waals surface area contributed by atoms with Crippen LogP contribution in [-0.2, 0) is 4.74 Å². The topological polar surface area (TPSA) is 138 Å². The summed E-state index contributed by atoms with van der Waals surface area (Å²) in [7, 11) is 3.24. The van der Waals surface area contributed by atoms with Crippen LogP contribution in [0.2, 0.25) is 0 Å². The van der Waals surface area contributed by atoms with Crippen LogP contribution in [0.15, 0.2) is 94.2 Å². The van der Waals surface area contributed by atoms with Gasteiger partial charge in [0.25, 0.3) is 5.91 Å². The van der Waals surface area contributed by atoms with Crippen molar-refractivity contribution in [1.82, 2.24) is 16.0 Å². The Bertz CT molecular complexity index is 1420. The Balaban J connectivity index is 2.43. The summed E-state index contributed by atoms with van der Waals surface area (Å²) in [4.78, 5) is 13.3. The molecule has 0 heterocycles. The van der Waals surface area contributed by atoms with E-state index in [4.69, 9.17) is 16.3 Å². The zero-order chi connectivity index (χ0) is 32.5. The van der Waals surface area contributed by atoms with Crippen molar-refractivity contribution in [3.8, 4) is 0 Å². The Labute approximate surface area is 250 Å². The second-order valence-electron chi connectivity index (χ2n) is 11.1. The Kier molecular flexibility index (Phi) is 11.9. The molecule has 0 saturated heterocycles. The minimum atomic E-state index is -4.76. The number of aliphatic hydroxyl groups is 1. The lowest BCUT2D eigenvalue weighted by Crippen LogP contribution is -2.30. The lowest BCUT2D eigenvalue weighted by molar-refractivity contribution is -0.0880. The van der Waals surface area contributed by atoms with Crippen LogP contribution in [0.3, 0.4) is 0 Å². The predicted molar refractivity (Wildman–Crippen MR) is 163 cm³/mol. The van der Waals surface area contributed by atoms with Gasteiger partial charge in [0.2, 0.25) is 0 Å². The fraction of sp³-hybridized carbons (Fsp3) is 0.355. The van der Waals surface area contributed by atoms with Gasteiger partial charge in [-0.1, -0.05) is 26.8 Å². The number of amides is 1. The second-order valence-corrected chi connectivity index (χ2v) is 11.1. The van der Waals surface area contributed by atoms with Crippen LogP contribution in [-0.4, -0.2) is 44.4 Å². The van der Waals surface area contributed by atoms with E-state index in [0.29, 0.717) is 35.2 Å². The maximum absolute atomic E-state index is 13.7. The summed E-state index contributed by atoms with van der Waals surface area (Å²) in [5, 5.41) is 20.6. The van der Waals surface area contributed by atoms with Crippen molar-refractivity contribution >= 4 is 11.6 Å². The molecule has 8 N–H and O–H groups in total. The minimum Gasteiger partial charge on any atom is -0.505 e. The number of alkyl halides is 3. The first kappa shape index (κ1) is 34.8. The highest BCUT2D eigenvalue weighted by Gasteiger charge is 2.34. The molecular formula is C31H41F3N6O3. The third-order valence-corrected chi connectivity index (χ3v) is 6.12. The van der Waals surface area contributed by atoms with Crippen LogP contribution >= 0.6 is 0 Å². The van der Waals surface area contributed by atoms with Crippen molar-refractivity contribution in [3.63, 3.8) is 0 Å². The average molecular weight is 603 g/mol. The van der Waals surface area contributed by atoms with Crippen LogP contribution < -0.4 is 32.5 Å². The summed E-state index contributed by atoms with van der Waals surface area (Å²) in [6.45, 7) is 10.1. The average Bonchev–Trinajstić information content (AvgIpc) is 3.06. The number of nitrogens with two attached hydrogens (primary N) is 2.